The fraction of sp³-hybridized carbons (Fsp3) is 0.0769. The zero-order valence-corrected chi connectivity index (χ0v) is 11.7. The van der Waals surface area contributed by atoms with Crippen LogP contribution in [-0.2, 0) is 6.61 Å². The van der Waals surface area contributed by atoms with Crippen LogP contribution in [0.25, 0.3) is 0 Å². The van der Waals surface area contributed by atoms with E-state index in [9.17, 15) is 4.39 Å². The third-order valence-electron chi connectivity index (χ3n) is 2.62. The number of hydrazone groups is 1. The molecule has 0 bridgehead atoms. The third kappa shape index (κ3) is 2.90. The van der Waals surface area contributed by atoms with Gasteiger partial charge in [0.05, 0.1) is 28.5 Å². The van der Waals surface area contributed by atoms with Crippen molar-refractivity contribution in [1.29, 1.82) is 0 Å². The summed E-state index contributed by atoms with van der Waals surface area (Å²) < 4.78 is 12.9. The molecule has 2 rings (SSSR count). The first-order chi connectivity index (χ1) is 9.56. The maximum absolute atomic E-state index is 12.9. The molecule has 0 unspecified atom stereocenters. The highest BCUT2D eigenvalue weighted by Gasteiger charge is 2.17. The Morgan fingerprint density at radius 2 is 1.95 bits per heavy atom. The molecule has 104 valence electrons. The maximum Gasteiger partial charge on any atom is 0.141 e. The molecule has 0 saturated heterocycles. The van der Waals surface area contributed by atoms with Gasteiger partial charge in [0.2, 0.25) is 0 Å². The van der Waals surface area contributed by atoms with Crippen molar-refractivity contribution >= 4 is 28.9 Å². The van der Waals surface area contributed by atoms with E-state index in [0.29, 0.717) is 16.8 Å². The van der Waals surface area contributed by atoms with Crippen LogP contribution >= 0.6 is 23.2 Å². The molecule has 0 fully saturated rings. The van der Waals surface area contributed by atoms with Gasteiger partial charge in [0, 0.05) is 5.56 Å². The van der Waals surface area contributed by atoms with Gasteiger partial charge in [-0.15, -0.1) is 0 Å². The van der Waals surface area contributed by atoms with E-state index in [0.717, 1.165) is 6.20 Å². The zero-order chi connectivity index (χ0) is 14.7. The summed E-state index contributed by atoms with van der Waals surface area (Å²) in [6.07, 6.45) is 1.05. The number of nitrogens with zero attached hydrogens (tertiary/aromatic N) is 2. The first-order valence-corrected chi connectivity index (χ1v) is 6.31. The normalized spacial score (nSPS) is 11.7. The average Bonchev–Trinajstić information content (AvgIpc) is 2.43. The van der Waals surface area contributed by atoms with E-state index in [2.05, 4.69) is 10.1 Å². The Kier molecular flexibility index (Phi) is 4.54. The van der Waals surface area contributed by atoms with Gasteiger partial charge in [-0.1, -0.05) is 23.2 Å². The van der Waals surface area contributed by atoms with Crippen LogP contribution in [0.5, 0.6) is 0 Å². The van der Waals surface area contributed by atoms with E-state index in [-0.39, 0.29) is 22.4 Å². The van der Waals surface area contributed by atoms with Crippen LogP contribution in [0.3, 0.4) is 0 Å². The standard InChI is InChI=1S/C13H10Cl2FN3O/c14-9-3-7(6-20)4-10(15)12(9)13(19-17)11-2-1-8(16)5-18-11/h1-5,20H,6,17H2. The van der Waals surface area contributed by atoms with Crippen LogP contribution in [0.4, 0.5) is 4.39 Å². The highest BCUT2D eigenvalue weighted by Crippen LogP contribution is 2.29. The van der Waals surface area contributed by atoms with Crippen LogP contribution in [0.1, 0.15) is 16.8 Å². The minimum absolute atomic E-state index is 0.191. The monoisotopic (exact) mass is 313 g/mol. The molecule has 0 saturated carbocycles. The van der Waals surface area contributed by atoms with Gasteiger partial charge >= 0.3 is 0 Å². The molecule has 1 aromatic carbocycles. The molecule has 3 N–H and O–H groups in total. The molecule has 1 aromatic heterocycles. The van der Waals surface area contributed by atoms with Crippen molar-refractivity contribution in [2.45, 2.75) is 6.61 Å². The number of halogens is 3. The number of aromatic nitrogens is 1. The molecule has 1 heterocycles. The van der Waals surface area contributed by atoms with Gasteiger partial charge in [0.15, 0.2) is 0 Å². The predicted molar refractivity (Wildman–Crippen MR) is 76.4 cm³/mol. The van der Waals surface area contributed by atoms with E-state index in [1.54, 1.807) is 12.1 Å². The van der Waals surface area contributed by atoms with Crippen molar-refractivity contribution in [3.63, 3.8) is 0 Å². The first kappa shape index (κ1) is 14.7. The maximum atomic E-state index is 12.9. The fourth-order valence-electron chi connectivity index (χ4n) is 1.72. The molecule has 0 amide bonds. The third-order valence-corrected chi connectivity index (χ3v) is 3.22. The van der Waals surface area contributed by atoms with E-state index in [1.165, 1.54) is 12.1 Å². The Balaban J connectivity index is 2.56. The summed E-state index contributed by atoms with van der Waals surface area (Å²) in [5, 5.41) is 13.3. The highest BCUT2D eigenvalue weighted by atomic mass is 35.5. The minimum atomic E-state index is -0.474. The molecule has 4 nitrogen and oxygen atoms in total. The Morgan fingerprint density at radius 3 is 2.40 bits per heavy atom. The largest absolute Gasteiger partial charge is 0.392 e. The summed E-state index contributed by atoms with van der Waals surface area (Å²) in [5.41, 5.74) is 1.53. The van der Waals surface area contributed by atoms with E-state index in [1.807, 2.05) is 0 Å². The molecule has 0 radical (unpaired) electrons. The lowest BCUT2D eigenvalue weighted by Crippen LogP contribution is -2.10. The second-order valence-electron chi connectivity index (χ2n) is 3.93. The van der Waals surface area contributed by atoms with Crippen LogP contribution in [0.15, 0.2) is 35.6 Å². The molecule has 0 spiro atoms. The first-order valence-electron chi connectivity index (χ1n) is 5.55. The van der Waals surface area contributed by atoms with Gasteiger partial charge in [0.25, 0.3) is 0 Å². The van der Waals surface area contributed by atoms with Gasteiger partial charge in [-0.3, -0.25) is 4.98 Å². The van der Waals surface area contributed by atoms with Crippen LogP contribution in [0.2, 0.25) is 10.0 Å². The SMILES string of the molecule is NN=C(c1ccc(F)cn1)c1c(Cl)cc(CO)cc1Cl. The van der Waals surface area contributed by atoms with E-state index >= 15 is 0 Å². The highest BCUT2D eigenvalue weighted by molar-refractivity contribution is 6.41. The van der Waals surface area contributed by atoms with Crippen LogP contribution in [-0.4, -0.2) is 15.8 Å². The zero-order valence-electron chi connectivity index (χ0n) is 10.1. The Hall–Kier alpha value is -1.69. The number of aliphatic hydroxyl groups excluding tert-OH is 1. The van der Waals surface area contributed by atoms with Gasteiger partial charge in [-0.2, -0.15) is 5.10 Å². The molecule has 20 heavy (non-hydrogen) atoms. The fourth-order valence-corrected chi connectivity index (χ4v) is 2.43. The van der Waals surface area contributed by atoms with Gasteiger partial charge in [-0.05, 0) is 29.8 Å². The summed E-state index contributed by atoms with van der Waals surface area (Å²) in [4.78, 5) is 3.90. The number of aliphatic hydroxyl groups is 1. The molecule has 2 aromatic rings. The molecule has 0 aliphatic rings. The van der Waals surface area contributed by atoms with Crippen LogP contribution in [0, 0.1) is 5.82 Å². The molecule has 7 heteroatoms. The summed E-state index contributed by atoms with van der Waals surface area (Å²) >= 11 is 12.3. The number of nitrogens with two attached hydrogens (primary N) is 1. The summed E-state index contributed by atoms with van der Waals surface area (Å²) in [7, 11) is 0. The van der Waals surface area contributed by atoms with E-state index in [4.69, 9.17) is 34.2 Å². The van der Waals surface area contributed by atoms with Crippen molar-refractivity contribution in [2.75, 3.05) is 0 Å². The smallest absolute Gasteiger partial charge is 0.141 e. The van der Waals surface area contributed by atoms with Gasteiger partial charge < -0.3 is 10.9 Å². The van der Waals surface area contributed by atoms with E-state index < -0.39 is 5.82 Å². The lowest BCUT2D eigenvalue weighted by atomic mass is 10.0. The number of hydrogen-bond acceptors (Lipinski definition) is 4. The van der Waals surface area contributed by atoms with Crippen molar-refractivity contribution in [1.82, 2.24) is 4.98 Å². The Bertz CT molecular complexity index is 636. The molecular formula is C13H10Cl2FN3O. The van der Waals surface area contributed by atoms with Crippen molar-refractivity contribution in [3.05, 3.63) is 63.1 Å². The predicted octanol–water partition coefficient (Wildman–Crippen LogP) is 2.73. The van der Waals surface area contributed by atoms with Gasteiger partial charge in [0.1, 0.15) is 11.5 Å². The minimum Gasteiger partial charge on any atom is -0.392 e. The summed E-state index contributed by atoms with van der Waals surface area (Å²) in [6, 6.07) is 5.76. The number of pyridine rings is 1. The second kappa shape index (κ2) is 6.17. The molecule has 0 aliphatic carbocycles. The van der Waals surface area contributed by atoms with Crippen molar-refractivity contribution < 1.29 is 9.50 Å². The Labute approximate surface area is 124 Å². The molecular weight excluding hydrogens is 304 g/mol. The molecule has 0 aliphatic heterocycles. The van der Waals surface area contributed by atoms with Gasteiger partial charge in [-0.25, -0.2) is 4.39 Å². The Morgan fingerprint density at radius 1 is 1.30 bits per heavy atom. The average molecular weight is 314 g/mol. The lowest BCUT2D eigenvalue weighted by Gasteiger charge is -2.11. The quantitative estimate of drug-likeness (QED) is 0.520. The number of rotatable bonds is 3. The summed E-state index contributed by atoms with van der Waals surface area (Å²) in [6.45, 7) is -0.191. The van der Waals surface area contributed by atoms with Crippen molar-refractivity contribution in [3.8, 4) is 0 Å². The lowest BCUT2D eigenvalue weighted by molar-refractivity contribution is 0.282. The number of hydrogen-bond donors (Lipinski definition) is 2. The second-order valence-corrected chi connectivity index (χ2v) is 4.75. The van der Waals surface area contributed by atoms with Crippen molar-refractivity contribution in [2.24, 2.45) is 10.9 Å². The number of benzene rings is 1. The molecule has 0 atom stereocenters. The topological polar surface area (TPSA) is 71.5 Å². The summed E-state index contributed by atoms with van der Waals surface area (Å²) in [5.74, 6) is 4.90. The van der Waals surface area contributed by atoms with Crippen LogP contribution < -0.4 is 5.84 Å².